The summed E-state index contributed by atoms with van der Waals surface area (Å²) in [4.78, 5) is 10.3. The van der Waals surface area contributed by atoms with Crippen molar-refractivity contribution < 1.29 is 9.90 Å². The summed E-state index contributed by atoms with van der Waals surface area (Å²) in [7, 11) is 0. The van der Waals surface area contributed by atoms with Gasteiger partial charge >= 0.3 is 5.97 Å². The topological polar surface area (TPSA) is 37.3 Å². The third kappa shape index (κ3) is 16.8. The van der Waals surface area contributed by atoms with Crippen LogP contribution in [-0.2, 0) is 4.79 Å². The number of rotatable bonds is 12. The molecule has 0 heterocycles. The molecule has 20 heavy (non-hydrogen) atoms. The van der Waals surface area contributed by atoms with Gasteiger partial charge in [0.25, 0.3) is 0 Å². The number of carbonyl (C=O) groups is 1. The van der Waals surface area contributed by atoms with Crippen molar-refractivity contribution in [3.63, 3.8) is 0 Å². The van der Waals surface area contributed by atoms with Crippen LogP contribution < -0.4 is 0 Å². The highest BCUT2D eigenvalue weighted by atomic mass is 16.4. The van der Waals surface area contributed by atoms with Crippen LogP contribution in [0.3, 0.4) is 0 Å². The maximum atomic E-state index is 10.3. The fraction of sp³-hybridized carbons (Fsp3) is 0.722. The van der Waals surface area contributed by atoms with Crippen LogP contribution in [-0.4, -0.2) is 11.1 Å². The molecule has 0 aliphatic heterocycles. The van der Waals surface area contributed by atoms with Crippen molar-refractivity contribution in [1.82, 2.24) is 0 Å². The van der Waals surface area contributed by atoms with Gasteiger partial charge in [-0.25, -0.2) is 0 Å². The van der Waals surface area contributed by atoms with Gasteiger partial charge in [0.2, 0.25) is 0 Å². The molecule has 0 aromatic heterocycles. The molecule has 0 bridgehead atoms. The van der Waals surface area contributed by atoms with Crippen LogP contribution in [0.15, 0.2) is 12.2 Å². The lowest BCUT2D eigenvalue weighted by molar-refractivity contribution is -0.137. The summed E-state index contributed by atoms with van der Waals surface area (Å²) in [6.07, 6.45) is 16.9. The fourth-order valence-electron chi connectivity index (χ4n) is 1.95. The van der Waals surface area contributed by atoms with Gasteiger partial charge < -0.3 is 5.11 Å². The first-order chi connectivity index (χ1) is 9.77. The van der Waals surface area contributed by atoms with Gasteiger partial charge in [-0.3, -0.25) is 4.79 Å². The van der Waals surface area contributed by atoms with E-state index >= 15 is 0 Å². The number of unbranched alkanes of at least 4 members (excludes halogenated alkanes) is 8. The summed E-state index contributed by atoms with van der Waals surface area (Å²) in [5, 5.41) is 8.49. The molecule has 0 aromatic rings. The zero-order valence-electron chi connectivity index (χ0n) is 13.0. The van der Waals surface area contributed by atoms with Crippen LogP contribution in [0.1, 0.15) is 84.0 Å². The molecule has 0 radical (unpaired) electrons. The Balaban J connectivity index is 3.22. The molecule has 0 aliphatic carbocycles. The number of aliphatic carboxylic acids is 1. The molecule has 114 valence electrons. The maximum Gasteiger partial charge on any atom is 0.303 e. The molecule has 2 heteroatoms. The van der Waals surface area contributed by atoms with Crippen LogP contribution in [0, 0.1) is 11.8 Å². The molecule has 1 N–H and O–H groups in total. The molecule has 0 spiro atoms. The van der Waals surface area contributed by atoms with E-state index in [1.807, 2.05) is 0 Å². The van der Waals surface area contributed by atoms with E-state index in [4.69, 9.17) is 5.11 Å². The van der Waals surface area contributed by atoms with Crippen molar-refractivity contribution in [2.24, 2.45) is 0 Å². The number of allylic oxidation sites excluding steroid dienone is 2. The van der Waals surface area contributed by atoms with E-state index in [0.717, 1.165) is 38.5 Å². The van der Waals surface area contributed by atoms with Gasteiger partial charge in [0.15, 0.2) is 0 Å². The van der Waals surface area contributed by atoms with Gasteiger partial charge in [0.05, 0.1) is 0 Å². The summed E-state index contributed by atoms with van der Waals surface area (Å²) < 4.78 is 0. The van der Waals surface area contributed by atoms with Crippen molar-refractivity contribution in [1.29, 1.82) is 0 Å². The Bertz CT molecular complexity index is 307. The average molecular weight is 278 g/mol. The van der Waals surface area contributed by atoms with E-state index in [1.165, 1.54) is 32.1 Å². The lowest BCUT2D eigenvalue weighted by atomic mass is 10.1. The Morgan fingerprint density at radius 1 is 0.950 bits per heavy atom. The van der Waals surface area contributed by atoms with Gasteiger partial charge in [-0.1, -0.05) is 57.1 Å². The summed E-state index contributed by atoms with van der Waals surface area (Å²) >= 11 is 0. The highest BCUT2D eigenvalue weighted by Crippen LogP contribution is 2.06. The second kappa shape index (κ2) is 15.8. The summed E-state index contributed by atoms with van der Waals surface area (Å²) in [6, 6.07) is 0. The Hall–Kier alpha value is -1.23. The summed E-state index contributed by atoms with van der Waals surface area (Å²) in [5.74, 6) is 5.70. The quantitative estimate of drug-likeness (QED) is 0.297. The standard InChI is InChI=1S/C18H30O2/c1-2-3-4-5-6-7-8-9-10-11-12-13-14-15-16-17-18(19)20/h6-7H,2-5,8,11-17H2,1H3,(H,19,20)/b7-6-. The van der Waals surface area contributed by atoms with Gasteiger partial charge in [-0.15, -0.1) is 5.92 Å². The minimum absolute atomic E-state index is 0.310. The van der Waals surface area contributed by atoms with Crippen LogP contribution in [0.4, 0.5) is 0 Å². The summed E-state index contributed by atoms with van der Waals surface area (Å²) in [5.41, 5.74) is 0. The Morgan fingerprint density at radius 2 is 1.70 bits per heavy atom. The SMILES string of the molecule is CCCCC/C=C\CC#CCCCCCCCC(=O)O. The molecule has 0 amide bonds. The minimum Gasteiger partial charge on any atom is -0.481 e. The number of hydrogen-bond acceptors (Lipinski definition) is 1. The molecule has 0 aromatic carbocycles. The zero-order chi connectivity index (χ0) is 14.9. The number of hydrogen-bond donors (Lipinski definition) is 1. The van der Waals surface area contributed by atoms with Gasteiger partial charge in [-0.2, -0.15) is 0 Å². The van der Waals surface area contributed by atoms with Gasteiger partial charge in [0, 0.05) is 19.3 Å². The molecular formula is C18H30O2. The molecule has 0 fully saturated rings. The summed E-state index contributed by atoms with van der Waals surface area (Å²) in [6.45, 7) is 2.22. The van der Waals surface area contributed by atoms with Crippen molar-refractivity contribution in [2.75, 3.05) is 0 Å². The van der Waals surface area contributed by atoms with E-state index in [0.29, 0.717) is 6.42 Å². The molecule has 2 nitrogen and oxygen atoms in total. The Morgan fingerprint density at radius 3 is 2.45 bits per heavy atom. The van der Waals surface area contributed by atoms with E-state index in [9.17, 15) is 4.79 Å². The molecular weight excluding hydrogens is 248 g/mol. The van der Waals surface area contributed by atoms with E-state index < -0.39 is 5.97 Å². The highest BCUT2D eigenvalue weighted by Gasteiger charge is 1.95. The molecule has 0 aliphatic rings. The van der Waals surface area contributed by atoms with E-state index in [2.05, 4.69) is 30.9 Å². The predicted octanol–water partition coefficient (Wildman–Crippen LogP) is 5.33. The first-order valence-corrected chi connectivity index (χ1v) is 8.10. The average Bonchev–Trinajstić information content (AvgIpc) is 2.43. The Labute approximate surface area is 124 Å². The van der Waals surface area contributed by atoms with Crippen molar-refractivity contribution in [2.45, 2.75) is 84.0 Å². The first kappa shape index (κ1) is 18.8. The monoisotopic (exact) mass is 278 g/mol. The second-order valence-electron chi connectivity index (χ2n) is 5.19. The maximum absolute atomic E-state index is 10.3. The predicted molar refractivity (Wildman–Crippen MR) is 85.6 cm³/mol. The Kier molecular flexibility index (Phi) is 14.9. The van der Waals surface area contributed by atoms with Crippen LogP contribution in [0.2, 0.25) is 0 Å². The molecule has 0 saturated heterocycles. The number of carboxylic acid groups (broad SMARTS) is 1. The van der Waals surface area contributed by atoms with Gasteiger partial charge in [0.1, 0.15) is 0 Å². The van der Waals surface area contributed by atoms with E-state index in [-0.39, 0.29) is 0 Å². The second-order valence-corrected chi connectivity index (χ2v) is 5.19. The van der Waals surface area contributed by atoms with Crippen LogP contribution in [0.5, 0.6) is 0 Å². The minimum atomic E-state index is -0.682. The normalized spacial score (nSPS) is 10.4. The van der Waals surface area contributed by atoms with Crippen molar-refractivity contribution in [3.8, 4) is 11.8 Å². The van der Waals surface area contributed by atoms with E-state index in [1.54, 1.807) is 0 Å². The molecule has 0 rings (SSSR count). The number of carboxylic acids is 1. The lowest BCUT2D eigenvalue weighted by Gasteiger charge is -1.97. The smallest absolute Gasteiger partial charge is 0.303 e. The molecule has 0 atom stereocenters. The van der Waals surface area contributed by atoms with Gasteiger partial charge in [-0.05, 0) is 25.7 Å². The lowest BCUT2D eigenvalue weighted by Crippen LogP contribution is -1.93. The van der Waals surface area contributed by atoms with Crippen molar-refractivity contribution in [3.05, 3.63) is 12.2 Å². The molecule has 0 unspecified atom stereocenters. The van der Waals surface area contributed by atoms with Crippen LogP contribution in [0.25, 0.3) is 0 Å². The molecule has 0 saturated carbocycles. The first-order valence-electron chi connectivity index (χ1n) is 8.10. The van der Waals surface area contributed by atoms with Crippen LogP contribution >= 0.6 is 0 Å². The fourth-order valence-corrected chi connectivity index (χ4v) is 1.95. The third-order valence-corrected chi connectivity index (χ3v) is 3.18. The zero-order valence-corrected chi connectivity index (χ0v) is 13.0. The van der Waals surface area contributed by atoms with Crippen molar-refractivity contribution >= 4 is 5.97 Å². The highest BCUT2D eigenvalue weighted by molar-refractivity contribution is 5.66. The third-order valence-electron chi connectivity index (χ3n) is 3.18. The largest absolute Gasteiger partial charge is 0.481 e.